The van der Waals surface area contributed by atoms with E-state index in [0.717, 1.165) is 32.8 Å². The van der Waals surface area contributed by atoms with Gasteiger partial charge in [0, 0.05) is 19.7 Å². The van der Waals surface area contributed by atoms with E-state index in [1.807, 2.05) is 13.8 Å². The fourth-order valence-corrected chi connectivity index (χ4v) is 2.14. The highest BCUT2D eigenvalue weighted by molar-refractivity contribution is 4.80. The monoisotopic (exact) mass is 215 g/mol. The minimum absolute atomic E-state index is 0.330. The lowest BCUT2D eigenvalue weighted by Crippen LogP contribution is -2.47. The van der Waals surface area contributed by atoms with Gasteiger partial charge in [-0.05, 0) is 19.4 Å². The van der Waals surface area contributed by atoms with Gasteiger partial charge in [0.2, 0.25) is 0 Å². The molecule has 0 aromatic heterocycles. The predicted octanol–water partition coefficient (Wildman–Crippen LogP) is 1.91. The molecule has 2 heterocycles. The molecule has 2 saturated heterocycles. The maximum absolute atomic E-state index is 5.73. The van der Waals surface area contributed by atoms with E-state index in [9.17, 15) is 0 Å². The normalized spacial score (nSPS) is 32.2. The van der Waals surface area contributed by atoms with Gasteiger partial charge in [0.15, 0.2) is 0 Å². The lowest BCUT2D eigenvalue weighted by molar-refractivity contribution is -0.0932. The van der Waals surface area contributed by atoms with Crippen molar-refractivity contribution in [2.24, 2.45) is 0 Å². The zero-order valence-electron chi connectivity index (χ0n) is 10.4. The van der Waals surface area contributed by atoms with Crippen molar-refractivity contribution in [1.82, 2.24) is 4.90 Å². The van der Waals surface area contributed by atoms with Crippen LogP contribution in [0.5, 0.6) is 0 Å². The summed E-state index contributed by atoms with van der Waals surface area (Å²) in [5.41, 5.74) is 0. The molecule has 2 atom stereocenters. The van der Waals surface area contributed by atoms with Gasteiger partial charge in [-0.1, -0.05) is 20.8 Å². The van der Waals surface area contributed by atoms with E-state index in [2.05, 4.69) is 11.8 Å². The summed E-state index contributed by atoms with van der Waals surface area (Å²) in [6, 6.07) is 0. The van der Waals surface area contributed by atoms with Crippen LogP contribution in [0.15, 0.2) is 0 Å². The van der Waals surface area contributed by atoms with E-state index in [0.29, 0.717) is 12.2 Å². The maximum Gasteiger partial charge on any atom is 0.0963 e. The highest BCUT2D eigenvalue weighted by Gasteiger charge is 2.30. The topological polar surface area (TPSA) is 21.7 Å². The standard InChI is InChI=1S/C10H19NO2.C2H6/c1-2-11-5-7-13-10(8-11)9-4-3-6-12-9;1-2/h9-10H,2-8H2,1H3;1-2H3. The molecule has 2 aliphatic rings. The minimum atomic E-state index is 0.330. The molecular formula is C12H25NO2. The lowest BCUT2D eigenvalue weighted by atomic mass is 10.1. The first-order valence-corrected chi connectivity index (χ1v) is 6.35. The van der Waals surface area contributed by atoms with E-state index in [1.54, 1.807) is 0 Å². The number of hydrogen-bond acceptors (Lipinski definition) is 3. The number of ether oxygens (including phenoxy) is 2. The number of rotatable bonds is 2. The Kier molecular flexibility index (Phi) is 6.22. The van der Waals surface area contributed by atoms with Crippen molar-refractivity contribution in [2.45, 2.75) is 45.8 Å². The minimum Gasteiger partial charge on any atom is -0.375 e. The first-order valence-electron chi connectivity index (χ1n) is 6.35. The molecule has 0 aromatic rings. The highest BCUT2D eigenvalue weighted by Crippen LogP contribution is 2.20. The SMILES string of the molecule is CC.CCN1CCOC(C2CCCO2)C1. The molecule has 0 bridgehead atoms. The second-order valence-corrected chi connectivity index (χ2v) is 3.85. The Morgan fingerprint density at radius 3 is 2.47 bits per heavy atom. The van der Waals surface area contributed by atoms with Gasteiger partial charge in [-0.25, -0.2) is 0 Å². The van der Waals surface area contributed by atoms with E-state index in [-0.39, 0.29) is 0 Å². The summed E-state index contributed by atoms with van der Waals surface area (Å²) in [6.07, 6.45) is 3.09. The van der Waals surface area contributed by atoms with E-state index in [1.165, 1.54) is 12.8 Å². The average molecular weight is 215 g/mol. The molecule has 3 nitrogen and oxygen atoms in total. The van der Waals surface area contributed by atoms with Crippen LogP contribution in [0, 0.1) is 0 Å². The van der Waals surface area contributed by atoms with Crippen LogP contribution in [0.1, 0.15) is 33.6 Å². The Morgan fingerprint density at radius 2 is 1.87 bits per heavy atom. The third-order valence-electron chi connectivity index (χ3n) is 3.00. The first kappa shape index (κ1) is 12.9. The molecule has 0 aromatic carbocycles. The number of hydrogen-bond donors (Lipinski definition) is 0. The largest absolute Gasteiger partial charge is 0.375 e. The van der Waals surface area contributed by atoms with Crippen molar-refractivity contribution in [3.8, 4) is 0 Å². The van der Waals surface area contributed by atoms with Crippen molar-refractivity contribution < 1.29 is 9.47 Å². The summed E-state index contributed by atoms with van der Waals surface area (Å²) in [7, 11) is 0. The van der Waals surface area contributed by atoms with Gasteiger partial charge in [-0.2, -0.15) is 0 Å². The molecule has 0 N–H and O–H groups in total. The smallest absolute Gasteiger partial charge is 0.0963 e. The summed E-state index contributed by atoms with van der Waals surface area (Å²) in [5, 5.41) is 0. The van der Waals surface area contributed by atoms with Gasteiger partial charge in [-0.3, -0.25) is 4.90 Å². The van der Waals surface area contributed by atoms with Crippen LogP contribution in [0.3, 0.4) is 0 Å². The summed E-state index contributed by atoms with van der Waals surface area (Å²) in [6.45, 7) is 11.3. The van der Waals surface area contributed by atoms with Gasteiger partial charge in [0.25, 0.3) is 0 Å². The predicted molar refractivity (Wildman–Crippen MR) is 62.2 cm³/mol. The molecule has 2 unspecified atom stereocenters. The summed E-state index contributed by atoms with van der Waals surface area (Å²) >= 11 is 0. The quantitative estimate of drug-likeness (QED) is 0.702. The third kappa shape index (κ3) is 3.74. The molecule has 0 saturated carbocycles. The molecular weight excluding hydrogens is 190 g/mol. The third-order valence-corrected chi connectivity index (χ3v) is 3.00. The molecule has 90 valence electrons. The van der Waals surface area contributed by atoms with Crippen molar-refractivity contribution in [3.05, 3.63) is 0 Å². The van der Waals surface area contributed by atoms with Crippen molar-refractivity contribution in [1.29, 1.82) is 0 Å². The fraction of sp³-hybridized carbons (Fsp3) is 1.00. The van der Waals surface area contributed by atoms with Gasteiger partial charge in [0.1, 0.15) is 0 Å². The van der Waals surface area contributed by atoms with E-state index in [4.69, 9.17) is 9.47 Å². The van der Waals surface area contributed by atoms with Gasteiger partial charge in [0.05, 0.1) is 18.8 Å². The van der Waals surface area contributed by atoms with Crippen molar-refractivity contribution in [2.75, 3.05) is 32.8 Å². The van der Waals surface area contributed by atoms with Crippen LogP contribution >= 0.6 is 0 Å². The van der Waals surface area contributed by atoms with E-state index < -0.39 is 0 Å². The molecule has 2 aliphatic heterocycles. The molecule has 0 spiro atoms. The highest BCUT2D eigenvalue weighted by atomic mass is 16.5. The lowest BCUT2D eigenvalue weighted by Gasteiger charge is -2.34. The van der Waals surface area contributed by atoms with Crippen LogP contribution in [0.2, 0.25) is 0 Å². The molecule has 15 heavy (non-hydrogen) atoms. The Hall–Kier alpha value is -0.120. The van der Waals surface area contributed by atoms with Crippen molar-refractivity contribution >= 4 is 0 Å². The maximum atomic E-state index is 5.73. The van der Waals surface area contributed by atoms with Crippen molar-refractivity contribution in [3.63, 3.8) is 0 Å². The second-order valence-electron chi connectivity index (χ2n) is 3.85. The average Bonchev–Trinajstić information content (AvgIpc) is 2.85. The molecule has 3 heteroatoms. The first-order chi connectivity index (χ1) is 7.40. The van der Waals surface area contributed by atoms with Gasteiger partial charge < -0.3 is 9.47 Å². The Balaban J connectivity index is 0.000000531. The Bertz CT molecular complexity index is 158. The summed E-state index contributed by atoms with van der Waals surface area (Å²) in [4.78, 5) is 2.44. The van der Waals surface area contributed by atoms with Crippen LogP contribution in [-0.2, 0) is 9.47 Å². The Labute approximate surface area is 93.7 Å². The van der Waals surface area contributed by atoms with E-state index >= 15 is 0 Å². The fourth-order valence-electron chi connectivity index (χ4n) is 2.14. The van der Waals surface area contributed by atoms with Crippen LogP contribution < -0.4 is 0 Å². The van der Waals surface area contributed by atoms with Crippen LogP contribution in [0.25, 0.3) is 0 Å². The zero-order chi connectivity index (χ0) is 11.1. The molecule has 2 rings (SSSR count). The number of morpholine rings is 1. The van der Waals surface area contributed by atoms with Crippen LogP contribution in [0.4, 0.5) is 0 Å². The molecule has 0 aliphatic carbocycles. The Morgan fingerprint density at radius 1 is 1.13 bits per heavy atom. The van der Waals surface area contributed by atoms with Gasteiger partial charge in [-0.15, -0.1) is 0 Å². The van der Waals surface area contributed by atoms with Crippen LogP contribution in [-0.4, -0.2) is 50.0 Å². The summed E-state index contributed by atoms with van der Waals surface area (Å²) < 4.78 is 11.4. The summed E-state index contributed by atoms with van der Waals surface area (Å²) in [5.74, 6) is 0. The molecule has 0 amide bonds. The molecule has 0 radical (unpaired) electrons. The number of nitrogens with zero attached hydrogens (tertiary/aromatic N) is 1. The number of likely N-dealkylation sites (N-methyl/N-ethyl adjacent to an activating group) is 1. The molecule has 2 fully saturated rings. The zero-order valence-corrected chi connectivity index (χ0v) is 10.4. The second kappa shape index (κ2) is 7.20. The van der Waals surface area contributed by atoms with Gasteiger partial charge >= 0.3 is 0 Å².